The minimum absolute atomic E-state index is 0.0737. The van der Waals surface area contributed by atoms with Crippen molar-refractivity contribution in [3.05, 3.63) is 58.1 Å². The number of rotatable bonds is 4. The highest BCUT2D eigenvalue weighted by molar-refractivity contribution is 6.73. The molecule has 2 aromatic rings. The van der Waals surface area contributed by atoms with Gasteiger partial charge in [0.2, 0.25) is 0 Å². The molecule has 0 aromatic heterocycles. The van der Waals surface area contributed by atoms with Crippen LogP contribution in [0, 0.1) is 0 Å². The van der Waals surface area contributed by atoms with E-state index in [4.69, 9.17) is 27.9 Å². The fourth-order valence-electron chi connectivity index (χ4n) is 1.61. The molecule has 20 heavy (non-hydrogen) atoms. The maximum Gasteiger partial charge on any atom is 0.509 e. The summed E-state index contributed by atoms with van der Waals surface area (Å²) < 4.78 is 43.2. The fourth-order valence-corrected chi connectivity index (χ4v) is 2.07. The van der Waals surface area contributed by atoms with Crippen molar-refractivity contribution in [3.63, 3.8) is 0 Å². The Hall–Kier alpha value is -1.33. The van der Waals surface area contributed by atoms with Gasteiger partial charge in [-0.15, -0.1) is 5.46 Å². The monoisotopic (exact) mass is 319 g/mol. The van der Waals surface area contributed by atoms with Crippen LogP contribution in [0.3, 0.4) is 0 Å². The zero-order valence-corrected chi connectivity index (χ0v) is 11.6. The quantitative estimate of drug-likeness (QED) is 0.747. The lowest BCUT2D eigenvalue weighted by atomic mass is 9.80. The smallest absolute Gasteiger partial charge is 0.489 e. The maximum absolute atomic E-state index is 12.6. The summed E-state index contributed by atoms with van der Waals surface area (Å²) >= 11 is 11.7. The molecule has 0 atom stereocenters. The predicted molar refractivity (Wildman–Crippen MR) is 75.9 cm³/mol. The topological polar surface area (TPSA) is 9.23 Å². The van der Waals surface area contributed by atoms with Crippen molar-refractivity contribution in [2.45, 2.75) is 6.61 Å². The van der Waals surface area contributed by atoms with Crippen LogP contribution in [0.5, 0.6) is 5.75 Å². The number of halogens is 5. The number of hydrogen-bond donors (Lipinski definition) is 0. The zero-order chi connectivity index (χ0) is 14.8. The van der Waals surface area contributed by atoms with Gasteiger partial charge in [0.15, 0.2) is 0 Å². The molecule has 0 saturated heterocycles. The standard InChI is InChI=1S/C13H9BCl2F3O/c15-11-5-4-9(13(16)7-11)8-20-12-3-1-2-10(6-12)14(17,18)19/h1-7H,8H2/q-1. The van der Waals surface area contributed by atoms with E-state index in [1.54, 1.807) is 18.2 Å². The third kappa shape index (κ3) is 3.84. The second kappa shape index (κ2) is 5.98. The summed E-state index contributed by atoms with van der Waals surface area (Å²) in [5.74, 6) is 0.146. The Balaban J connectivity index is 2.11. The molecule has 0 bridgehead atoms. The first-order valence-electron chi connectivity index (χ1n) is 5.73. The van der Waals surface area contributed by atoms with E-state index in [2.05, 4.69) is 0 Å². The largest absolute Gasteiger partial charge is 0.509 e. The predicted octanol–water partition coefficient (Wildman–Crippen LogP) is 4.63. The van der Waals surface area contributed by atoms with Crippen molar-refractivity contribution in [2.75, 3.05) is 0 Å². The molecule has 0 spiro atoms. The first-order chi connectivity index (χ1) is 9.36. The number of ether oxygens (including phenoxy) is 1. The Morgan fingerprint density at radius 2 is 1.75 bits per heavy atom. The van der Waals surface area contributed by atoms with Gasteiger partial charge in [-0.05, 0) is 24.3 Å². The molecular formula is C13H9BCl2F3O-. The molecule has 0 amide bonds. The van der Waals surface area contributed by atoms with Gasteiger partial charge in [0, 0.05) is 15.6 Å². The highest BCUT2D eigenvalue weighted by atomic mass is 35.5. The first-order valence-corrected chi connectivity index (χ1v) is 6.48. The van der Waals surface area contributed by atoms with E-state index in [0.29, 0.717) is 15.6 Å². The molecule has 1 nitrogen and oxygen atoms in total. The molecule has 0 fully saturated rings. The minimum atomic E-state index is -5.03. The van der Waals surface area contributed by atoms with Crippen LogP contribution in [-0.4, -0.2) is 6.98 Å². The lowest BCUT2D eigenvalue weighted by Crippen LogP contribution is -2.33. The van der Waals surface area contributed by atoms with Crippen LogP contribution in [0.25, 0.3) is 0 Å². The molecule has 2 rings (SSSR count). The summed E-state index contributed by atoms with van der Waals surface area (Å²) in [6.07, 6.45) is 0. The Morgan fingerprint density at radius 3 is 2.40 bits per heavy atom. The molecule has 7 heteroatoms. The summed E-state index contributed by atoms with van der Waals surface area (Å²) in [6.45, 7) is -4.96. The van der Waals surface area contributed by atoms with Crippen LogP contribution in [0.1, 0.15) is 5.56 Å². The fraction of sp³-hybridized carbons (Fsp3) is 0.0769. The van der Waals surface area contributed by atoms with Crippen molar-refractivity contribution in [3.8, 4) is 5.75 Å². The van der Waals surface area contributed by atoms with Gasteiger partial charge < -0.3 is 17.7 Å². The zero-order valence-electron chi connectivity index (χ0n) is 10.1. The molecule has 0 aliphatic carbocycles. The van der Waals surface area contributed by atoms with Gasteiger partial charge in [-0.3, -0.25) is 0 Å². The third-order valence-electron chi connectivity index (χ3n) is 2.65. The van der Waals surface area contributed by atoms with E-state index in [1.165, 1.54) is 12.1 Å². The van der Waals surface area contributed by atoms with Crippen molar-refractivity contribution >= 4 is 35.6 Å². The van der Waals surface area contributed by atoms with E-state index in [9.17, 15) is 12.9 Å². The van der Waals surface area contributed by atoms with E-state index in [0.717, 1.165) is 12.1 Å². The van der Waals surface area contributed by atoms with Gasteiger partial charge in [0.05, 0.1) is 0 Å². The van der Waals surface area contributed by atoms with Gasteiger partial charge in [0.1, 0.15) is 12.4 Å². The normalized spacial score (nSPS) is 11.4. The Kier molecular flexibility index (Phi) is 4.50. The summed E-state index contributed by atoms with van der Waals surface area (Å²) in [7, 11) is 0. The van der Waals surface area contributed by atoms with E-state index < -0.39 is 12.4 Å². The summed E-state index contributed by atoms with van der Waals surface area (Å²) in [5, 5.41) is 0.897. The van der Waals surface area contributed by atoms with Crippen LogP contribution in [0.2, 0.25) is 10.0 Å². The van der Waals surface area contributed by atoms with Gasteiger partial charge in [-0.1, -0.05) is 41.4 Å². The molecule has 0 unspecified atom stereocenters. The number of hydrogen-bond acceptors (Lipinski definition) is 1. The molecule has 0 radical (unpaired) electrons. The molecule has 0 saturated carbocycles. The van der Waals surface area contributed by atoms with Crippen LogP contribution >= 0.6 is 23.2 Å². The van der Waals surface area contributed by atoms with Crippen LogP contribution in [0.4, 0.5) is 12.9 Å². The highest BCUT2D eigenvalue weighted by Gasteiger charge is 2.25. The van der Waals surface area contributed by atoms with Crippen LogP contribution in [0.15, 0.2) is 42.5 Å². The van der Waals surface area contributed by atoms with Gasteiger partial charge in [-0.25, -0.2) is 0 Å². The van der Waals surface area contributed by atoms with Crippen LogP contribution in [-0.2, 0) is 6.61 Å². The van der Waals surface area contributed by atoms with Gasteiger partial charge in [-0.2, -0.15) is 0 Å². The maximum atomic E-state index is 12.6. The van der Waals surface area contributed by atoms with Gasteiger partial charge >= 0.3 is 6.98 Å². The molecule has 0 aliphatic heterocycles. The molecular weight excluding hydrogens is 311 g/mol. The Labute approximate surface area is 124 Å². The average molecular weight is 320 g/mol. The Bertz CT molecular complexity index is 617. The minimum Gasteiger partial charge on any atom is -0.489 e. The molecule has 106 valence electrons. The van der Waals surface area contributed by atoms with Crippen molar-refractivity contribution in [2.24, 2.45) is 0 Å². The Morgan fingerprint density at radius 1 is 1.00 bits per heavy atom. The molecule has 0 N–H and O–H groups in total. The summed E-state index contributed by atoms with van der Waals surface area (Å²) in [5.41, 5.74) is -0.0382. The molecule has 0 heterocycles. The molecule has 0 aliphatic rings. The number of benzene rings is 2. The van der Waals surface area contributed by atoms with Gasteiger partial charge in [0.25, 0.3) is 0 Å². The summed E-state index contributed by atoms with van der Waals surface area (Å²) in [4.78, 5) is 0. The lowest BCUT2D eigenvalue weighted by Gasteiger charge is -2.16. The lowest BCUT2D eigenvalue weighted by molar-refractivity contribution is 0.306. The van der Waals surface area contributed by atoms with Crippen molar-refractivity contribution in [1.29, 1.82) is 0 Å². The molecule has 2 aromatic carbocycles. The van der Waals surface area contributed by atoms with E-state index in [-0.39, 0.29) is 12.4 Å². The first kappa shape index (κ1) is 15.1. The van der Waals surface area contributed by atoms with E-state index >= 15 is 0 Å². The SMILES string of the molecule is F[B-](F)(F)c1cccc(OCc2ccc(Cl)cc2Cl)c1. The summed E-state index contributed by atoms with van der Waals surface area (Å²) in [6, 6.07) is 9.63. The van der Waals surface area contributed by atoms with Crippen LogP contribution < -0.4 is 10.2 Å². The van der Waals surface area contributed by atoms with E-state index in [1.807, 2.05) is 0 Å². The highest BCUT2D eigenvalue weighted by Crippen LogP contribution is 2.23. The second-order valence-corrected chi connectivity index (χ2v) is 5.02. The van der Waals surface area contributed by atoms with Crippen molar-refractivity contribution < 1.29 is 17.7 Å². The third-order valence-corrected chi connectivity index (χ3v) is 3.23. The average Bonchev–Trinajstić information content (AvgIpc) is 2.37. The van der Waals surface area contributed by atoms with Crippen molar-refractivity contribution in [1.82, 2.24) is 0 Å². The second-order valence-electron chi connectivity index (χ2n) is 4.17.